The lowest BCUT2D eigenvalue weighted by atomic mass is 10.1. The molecule has 4 aromatic rings. The summed E-state index contributed by atoms with van der Waals surface area (Å²) in [7, 11) is 0. The number of nitrogens with one attached hydrogen (secondary N) is 1. The fourth-order valence-corrected chi connectivity index (χ4v) is 2.96. The predicted octanol–water partition coefficient (Wildman–Crippen LogP) is 5.42. The molecule has 6 heteroatoms. The molecule has 3 N–H and O–H groups in total. The van der Waals surface area contributed by atoms with Gasteiger partial charge in [-0.05, 0) is 36.4 Å². The van der Waals surface area contributed by atoms with Gasteiger partial charge in [-0.2, -0.15) is 0 Å². The number of fused-ring (bicyclic) bond motifs is 1. The van der Waals surface area contributed by atoms with E-state index in [4.69, 9.17) is 17.3 Å². The molecule has 0 fully saturated rings. The minimum Gasteiger partial charge on any atom is -0.384 e. The lowest BCUT2D eigenvalue weighted by molar-refractivity contribution is 0.631. The smallest absolute Gasteiger partial charge is 0.132 e. The van der Waals surface area contributed by atoms with Crippen molar-refractivity contribution in [3.8, 4) is 11.3 Å². The van der Waals surface area contributed by atoms with Crippen LogP contribution in [0.25, 0.3) is 22.2 Å². The van der Waals surface area contributed by atoms with Gasteiger partial charge in [-0.25, -0.2) is 14.4 Å². The predicted molar refractivity (Wildman–Crippen MR) is 104 cm³/mol. The number of rotatable bonds is 3. The standard InChI is InChI=1S/C20H14ClFN4/c21-12-5-6-16(22)15(9-12)19-11-18(14-3-1-2-4-17(14)26-19)25-13-7-8-24-20(23)10-13/h1-11H,(H3,23,24,25,26). The van der Waals surface area contributed by atoms with Gasteiger partial charge in [-0.15, -0.1) is 0 Å². The molecular formula is C20H14ClFN4. The summed E-state index contributed by atoms with van der Waals surface area (Å²) in [5.74, 6) is 0.0331. The maximum atomic E-state index is 14.3. The summed E-state index contributed by atoms with van der Waals surface area (Å²) in [5.41, 5.74) is 8.91. The number of nitrogens with zero attached hydrogens (tertiary/aromatic N) is 2. The molecule has 26 heavy (non-hydrogen) atoms. The summed E-state index contributed by atoms with van der Waals surface area (Å²) in [6, 6.07) is 17.4. The Labute approximate surface area is 154 Å². The van der Waals surface area contributed by atoms with Gasteiger partial charge >= 0.3 is 0 Å². The summed E-state index contributed by atoms with van der Waals surface area (Å²) >= 11 is 6.04. The summed E-state index contributed by atoms with van der Waals surface area (Å²) < 4.78 is 14.3. The molecule has 0 radical (unpaired) electrons. The van der Waals surface area contributed by atoms with Gasteiger partial charge in [0.2, 0.25) is 0 Å². The van der Waals surface area contributed by atoms with Crippen LogP contribution >= 0.6 is 11.6 Å². The molecule has 0 spiro atoms. The number of anilines is 3. The van der Waals surface area contributed by atoms with Gasteiger partial charge in [0.15, 0.2) is 0 Å². The molecule has 128 valence electrons. The number of aromatic nitrogens is 2. The third-order valence-corrected chi connectivity index (χ3v) is 4.22. The fraction of sp³-hybridized carbons (Fsp3) is 0. The van der Waals surface area contributed by atoms with Crippen molar-refractivity contribution in [2.75, 3.05) is 11.1 Å². The van der Waals surface area contributed by atoms with E-state index in [9.17, 15) is 4.39 Å². The van der Waals surface area contributed by atoms with Crippen LogP contribution in [0, 0.1) is 5.82 Å². The molecule has 0 bridgehead atoms. The first-order valence-electron chi connectivity index (χ1n) is 7.94. The largest absolute Gasteiger partial charge is 0.384 e. The Hall–Kier alpha value is -3.18. The molecule has 0 saturated heterocycles. The van der Waals surface area contributed by atoms with Crippen LogP contribution in [0.4, 0.5) is 21.6 Å². The van der Waals surface area contributed by atoms with E-state index in [1.807, 2.05) is 30.3 Å². The van der Waals surface area contributed by atoms with Crippen LogP contribution in [0.1, 0.15) is 0 Å². The van der Waals surface area contributed by atoms with Crippen molar-refractivity contribution in [1.29, 1.82) is 0 Å². The molecule has 4 rings (SSSR count). The van der Waals surface area contributed by atoms with E-state index < -0.39 is 0 Å². The van der Waals surface area contributed by atoms with Gasteiger partial charge in [0.25, 0.3) is 0 Å². The van der Waals surface area contributed by atoms with Gasteiger partial charge in [0, 0.05) is 33.9 Å². The van der Waals surface area contributed by atoms with Gasteiger partial charge < -0.3 is 11.1 Å². The second-order valence-electron chi connectivity index (χ2n) is 5.79. The van der Waals surface area contributed by atoms with E-state index in [1.165, 1.54) is 12.1 Å². The number of pyridine rings is 2. The first-order valence-corrected chi connectivity index (χ1v) is 8.32. The second-order valence-corrected chi connectivity index (χ2v) is 6.23. The zero-order valence-electron chi connectivity index (χ0n) is 13.6. The van der Waals surface area contributed by atoms with Crippen LogP contribution in [0.2, 0.25) is 5.02 Å². The molecule has 0 unspecified atom stereocenters. The van der Waals surface area contributed by atoms with Crippen molar-refractivity contribution >= 4 is 39.7 Å². The highest BCUT2D eigenvalue weighted by molar-refractivity contribution is 6.30. The first kappa shape index (κ1) is 16.3. The molecule has 0 amide bonds. The molecule has 0 aliphatic rings. The van der Waals surface area contributed by atoms with Crippen LogP contribution in [0.15, 0.2) is 66.9 Å². The van der Waals surface area contributed by atoms with E-state index in [0.717, 1.165) is 22.3 Å². The maximum Gasteiger partial charge on any atom is 0.132 e. The van der Waals surface area contributed by atoms with E-state index in [2.05, 4.69) is 15.3 Å². The molecule has 2 aromatic heterocycles. The normalized spacial score (nSPS) is 10.8. The topological polar surface area (TPSA) is 63.8 Å². The number of nitrogen functional groups attached to an aromatic ring is 1. The number of halogens is 2. The molecular weight excluding hydrogens is 351 g/mol. The zero-order valence-corrected chi connectivity index (χ0v) is 14.3. The number of para-hydroxylation sites is 1. The zero-order chi connectivity index (χ0) is 18.1. The number of nitrogens with two attached hydrogens (primary N) is 1. The van der Waals surface area contributed by atoms with Crippen LogP contribution < -0.4 is 11.1 Å². The average Bonchev–Trinajstić information content (AvgIpc) is 2.64. The van der Waals surface area contributed by atoms with E-state index in [0.29, 0.717) is 22.1 Å². The number of hydrogen-bond donors (Lipinski definition) is 2. The molecule has 0 aliphatic heterocycles. The minimum atomic E-state index is -0.378. The van der Waals surface area contributed by atoms with Crippen molar-refractivity contribution in [1.82, 2.24) is 9.97 Å². The van der Waals surface area contributed by atoms with E-state index in [1.54, 1.807) is 24.4 Å². The van der Waals surface area contributed by atoms with Gasteiger partial charge in [-0.3, -0.25) is 0 Å². The molecule has 0 saturated carbocycles. The molecule has 0 atom stereocenters. The van der Waals surface area contributed by atoms with Crippen molar-refractivity contribution in [3.63, 3.8) is 0 Å². The summed E-state index contributed by atoms with van der Waals surface area (Å²) in [6.45, 7) is 0. The Kier molecular flexibility index (Phi) is 4.14. The summed E-state index contributed by atoms with van der Waals surface area (Å²) in [4.78, 5) is 8.58. The van der Waals surface area contributed by atoms with Crippen LogP contribution in [-0.2, 0) is 0 Å². The van der Waals surface area contributed by atoms with Gasteiger partial charge in [0.1, 0.15) is 11.6 Å². The highest BCUT2D eigenvalue weighted by atomic mass is 35.5. The SMILES string of the molecule is Nc1cc(Nc2cc(-c3cc(Cl)ccc3F)nc3ccccc23)ccn1. The van der Waals surface area contributed by atoms with Crippen LogP contribution in [-0.4, -0.2) is 9.97 Å². The van der Waals surface area contributed by atoms with E-state index in [-0.39, 0.29) is 5.82 Å². The molecule has 4 nitrogen and oxygen atoms in total. The second kappa shape index (κ2) is 6.61. The highest BCUT2D eigenvalue weighted by Crippen LogP contribution is 2.32. The third-order valence-electron chi connectivity index (χ3n) is 3.98. The molecule has 2 heterocycles. The first-order chi connectivity index (χ1) is 12.6. The van der Waals surface area contributed by atoms with Gasteiger partial charge in [0.05, 0.1) is 16.9 Å². The summed E-state index contributed by atoms with van der Waals surface area (Å²) in [6.07, 6.45) is 1.62. The Morgan fingerprint density at radius 2 is 1.85 bits per heavy atom. The monoisotopic (exact) mass is 364 g/mol. The Balaban J connectivity index is 1.90. The van der Waals surface area contributed by atoms with E-state index >= 15 is 0 Å². The summed E-state index contributed by atoms with van der Waals surface area (Å²) in [5, 5.41) is 4.68. The van der Waals surface area contributed by atoms with Crippen molar-refractivity contribution < 1.29 is 4.39 Å². The lowest BCUT2D eigenvalue weighted by Crippen LogP contribution is -1.97. The highest BCUT2D eigenvalue weighted by Gasteiger charge is 2.12. The maximum absolute atomic E-state index is 14.3. The average molecular weight is 365 g/mol. The Morgan fingerprint density at radius 3 is 2.69 bits per heavy atom. The van der Waals surface area contributed by atoms with Crippen molar-refractivity contribution in [3.05, 3.63) is 77.7 Å². The third kappa shape index (κ3) is 3.17. The Bertz CT molecular complexity index is 1110. The molecule has 2 aromatic carbocycles. The number of hydrogen-bond acceptors (Lipinski definition) is 4. The van der Waals surface area contributed by atoms with Crippen LogP contribution in [0.5, 0.6) is 0 Å². The van der Waals surface area contributed by atoms with Crippen LogP contribution in [0.3, 0.4) is 0 Å². The van der Waals surface area contributed by atoms with Crippen molar-refractivity contribution in [2.45, 2.75) is 0 Å². The Morgan fingerprint density at radius 1 is 1.00 bits per heavy atom. The minimum absolute atomic E-state index is 0.348. The lowest BCUT2D eigenvalue weighted by Gasteiger charge is -2.13. The number of benzene rings is 2. The van der Waals surface area contributed by atoms with Gasteiger partial charge in [-0.1, -0.05) is 29.8 Å². The molecule has 0 aliphatic carbocycles. The quantitative estimate of drug-likeness (QED) is 0.509. The fourth-order valence-electron chi connectivity index (χ4n) is 2.79. The van der Waals surface area contributed by atoms with Crippen molar-refractivity contribution in [2.24, 2.45) is 0 Å².